The van der Waals surface area contributed by atoms with E-state index >= 15 is 0 Å². The minimum absolute atomic E-state index is 0.0975. The van der Waals surface area contributed by atoms with E-state index in [1.165, 1.54) is 27.1 Å². The van der Waals surface area contributed by atoms with E-state index in [1.807, 2.05) is 6.07 Å². The van der Waals surface area contributed by atoms with Crippen molar-refractivity contribution in [3.63, 3.8) is 0 Å². The molecule has 3 aliphatic carbocycles. The molecule has 31 heavy (non-hydrogen) atoms. The second kappa shape index (κ2) is 7.86. The van der Waals surface area contributed by atoms with Crippen LogP contribution in [0.3, 0.4) is 0 Å². The van der Waals surface area contributed by atoms with E-state index in [-0.39, 0.29) is 6.10 Å². The fourth-order valence-corrected chi connectivity index (χ4v) is 4.97. The number of fused-ring (bicyclic) bond motifs is 2. The summed E-state index contributed by atoms with van der Waals surface area (Å²) in [6, 6.07) is 16.8. The average Bonchev–Trinajstić information content (AvgIpc) is 2.79. The fraction of sp³-hybridized carbons (Fsp3) is 0.296. The molecule has 0 heterocycles. The topological polar surface area (TPSA) is 72.6 Å². The predicted octanol–water partition coefficient (Wildman–Crippen LogP) is 3.64. The first kappa shape index (κ1) is 19.8. The van der Waals surface area contributed by atoms with Crippen molar-refractivity contribution in [1.82, 2.24) is 0 Å². The zero-order chi connectivity index (χ0) is 21.4. The molecular formula is C27H27NO3. The van der Waals surface area contributed by atoms with E-state index in [4.69, 9.17) is 10.5 Å². The third-order valence-electron chi connectivity index (χ3n) is 6.66. The van der Waals surface area contributed by atoms with Crippen molar-refractivity contribution in [3.8, 4) is 11.1 Å². The largest absolute Gasteiger partial charge is 0.490 e. The number of rotatable bonds is 4. The Balaban J connectivity index is 1.51. The smallest absolute Gasteiger partial charge is 0.324 e. The van der Waals surface area contributed by atoms with Gasteiger partial charge in [0.2, 0.25) is 0 Å². The van der Waals surface area contributed by atoms with E-state index in [2.05, 4.69) is 60.7 Å². The van der Waals surface area contributed by atoms with Gasteiger partial charge in [-0.05, 0) is 52.8 Å². The van der Waals surface area contributed by atoms with Crippen LogP contribution in [-0.4, -0.2) is 22.7 Å². The minimum Gasteiger partial charge on any atom is -0.490 e. The lowest BCUT2D eigenvalue weighted by Gasteiger charge is -2.35. The molecule has 0 saturated heterocycles. The molecule has 3 aliphatic rings. The molecule has 0 bridgehead atoms. The molecule has 2 atom stereocenters. The Morgan fingerprint density at radius 1 is 1.03 bits per heavy atom. The molecule has 2 aromatic rings. The van der Waals surface area contributed by atoms with Crippen LogP contribution in [0.4, 0.5) is 0 Å². The first-order chi connectivity index (χ1) is 15.0. The van der Waals surface area contributed by atoms with Gasteiger partial charge in [0.15, 0.2) is 0 Å². The first-order valence-corrected chi connectivity index (χ1v) is 11.0. The molecule has 0 amide bonds. The Morgan fingerprint density at radius 3 is 2.68 bits per heavy atom. The van der Waals surface area contributed by atoms with Crippen LogP contribution in [0.1, 0.15) is 38.5 Å². The van der Waals surface area contributed by atoms with E-state index in [1.54, 1.807) is 0 Å². The van der Waals surface area contributed by atoms with Gasteiger partial charge in [-0.3, -0.25) is 4.79 Å². The lowest BCUT2D eigenvalue weighted by Crippen LogP contribution is -2.50. The lowest BCUT2D eigenvalue weighted by molar-refractivity contribution is -0.143. The summed E-state index contributed by atoms with van der Waals surface area (Å²) in [4.78, 5) is 11.6. The molecule has 158 valence electrons. The molecule has 0 spiro atoms. The number of carboxylic acid groups (broad SMARTS) is 1. The summed E-state index contributed by atoms with van der Waals surface area (Å²) in [6.07, 6.45) is 10.7. The van der Waals surface area contributed by atoms with Crippen molar-refractivity contribution in [2.75, 3.05) is 0 Å². The molecule has 5 rings (SSSR count). The Bertz CT molecular complexity index is 1210. The van der Waals surface area contributed by atoms with Crippen molar-refractivity contribution in [1.29, 1.82) is 0 Å². The van der Waals surface area contributed by atoms with Crippen molar-refractivity contribution >= 4 is 17.8 Å². The third-order valence-corrected chi connectivity index (χ3v) is 6.66. The summed E-state index contributed by atoms with van der Waals surface area (Å²) in [6.45, 7) is 0. The van der Waals surface area contributed by atoms with Crippen LogP contribution in [0.15, 0.2) is 71.8 Å². The Morgan fingerprint density at radius 2 is 1.87 bits per heavy atom. The van der Waals surface area contributed by atoms with Gasteiger partial charge in [0.25, 0.3) is 0 Å². The second-order valence-corrected chi connectivity index (χ2v) is 8.75. The zero-order valence-electron chi connectivity index (χ0n) is 17.5. The number of benzene rings is 2. The molecule has 0 aromatic heterocycles. The highest BCUT2D eigenvalue weighted by molar-refractivity contribution is 5.80. The maximum atomic E-state index is 11.6. The summed E-state index contributed by atoms with van der Waals surface area (Å²) in [5, 5.41) is 11.9. The van der Waals surface area contributed by atoms with Gasteiger partial charge in [-0.25, -0.2) is 0 Å². The van der Waals surface area contributed by atoms with E-state index in [0.29, 0.717) is 19.3 Å². The molecule has 1 fully saturated rings. The fourth-order valence-electron chi connectivity index (χ4n) is 4.97. The predicted molar refractivity (Wildman–Crippen MR) is 122 cm³/mol. The number of hydrogen-bond donors (Lipinski definition) is 2. The normalized spacial score (nSPS) is 24.8. The SMILES string of the molecule is NC1(C(=O)O)CCC2=CCC(OC3=c4c(-c5ccccc5)cccc4=CCC3)C=C2C1. The van der Waals surface area contributed by atoms with Gasteiger partial charge in [0, 0.05) is 24.5 Å². The lowest BCUT2D eigenvalue weighted by atomic mass is 9.74. The standard InChI is InChI=1S/C27H27NO3/c28-27(26(29)30)15-14-18-12-13-22(16-21(18)17-27)31-24-11-5-9-20-8-4-10-23(25(20)24)19-6-2-1-3-7-19/h1-4,6-10,12,16,22H,5,11,13-15,17,28H2,(H,29,30). The van der Waals surface area contributed by atoms with E-state index in [0.717, 1.165) is 30.6 Å². The monoisotopic (exact) mass is 413 g/mol. The van der Waals surface area contributed by atoms with Crippen molar-refractivity contribution in [2.45, 2.75) is 50.2 Å². The Labute approximate surface area is 182 Å². The Hall–Kier alpha value is -3.11. The van der Waals surface area contributed by atoms with Gasteiger partial charge in [0.1, 0.15) is 17.4 Å². The zero-order valence-corrected chi connectivity index (χ0v) is 17.5. The van der Waals surface area contributed by atoms with Gasteiger partial charge in [-0.1, -0.05) is 60.7 Å². The maximum Gasteiger partial charge on any atom is 0.324 e. The molecule has 4 heteroatoms. The maximum absolute atomic E-state index is 11.6. The minimum atomic E-state index is -1.18. The number of aliphatic carboxylic acids is 1. The van der Waals surface area contributed by atoms with Crippen molar-refractivity contribution in [2.24, 2.45) is 5.73 Å². The molecule has 0 aliphatic heterocycles. The van der Waals surface area contributed by atoms with Gasteiger partial charge < -0.3 is 15.6 Å². The van der Waals surface area contributed by atoms with Crippen LogP contribution in [0.2, 0.25) is 0 Å². The van der Waals surface area contributed by atoms with E-state index < -0.39 is 11.5 Å². The summed E-state index contributed by atoms with van der Waals surface area (Å²) < 4.78 is 6.59. The Kier molecular flexibility index (Phi) is 5.03. The highest BCUT2D eigenvalue weighted by Gasteiger charge is 2.39. The van der Waals surface area contributed by atoms with Crippen LogP contribution < -0.4 is 16.2 Å². The number of carbonyl (C=O) groups is 1. The molecule has 4 nitrogen and oxygen atoms in total. The molecule has 2 unspecified atom stereocenters. The number of carboxylic acids is 1. The number of nitrogens with two attached hydrogens (primary N) is 1. The van der Waals surface area contributed by atoms with Gasteiger partial charge >= 0.3 is 5.97 Å². The van der Waals surface area contributed by atoms with Crippen LogP contribution in [0.25, 0.3) is 23.0 Å². The average molecular weight is 414 g/mol. The number of allylic oxidation sites excluding steroid dienone is 1. The summed E-state index contributed by atoms with van der Waals surface area (Å²) >= 11 is 0. The van der Waals surface area contributed by atoms with Crippen LogP contribution in [0, 0.1) is 0 Å². The highest BCUT2D eigenvalue weighted by Crippen LogP contribution is 2.38. The van der Waals surface area contributed by atoms with Gasteiger partial charge in [-0.2, -0.15) is 0 Å². The van der Waals surface area contributed by atoms with Gasteiger partial charge in [-0.15, -0.1) is 0 Å². The van der Waals surface area contributed by atoms with Crippen LogP contribution >= 0.6 is 0 Å². The molecule has 0 radical (unpaired) electrons. The summed E-state index contributed by atoms with van der Waals surface area (Å²) in [5.41, 5.74) is 9.63. The molecular weight excluding hydrogens is 386 g/mol. The highest BCUT2D eigenvalue weighted by atomic mass is 16.5. The molecule has 2 aromatic carbocycles. The quantitative estimate of drug-likeness (QED) is 0.803. The molecule has 3 N–H and O–H groups in total. The van der Waals surface area contributed by atoms with Crippen molar-refractivity contribution < 1.29 is 14.6 Å². The number of hydrogen-bond acceptors (Lipinski definition) is 3. The van der Waals surface area contributed by atoms with Crippen LogP contribution in [-0.2, 0) is 9.53 Å². The summed E-state index contributed by atoms with van der Waals surface area (Å²) in [5.74, 6) is 0.0952. The van der Waals surface area contributed by atoms with Crippen LogP contribution in [0.5, 0.6) is 0 Å². The molecule has 1 saturated carbocycles. The second-order valence-electron chi connectivity index (χ2n) is 8.75. The van der Waals surface area contributed by atoms with Gasteiger partial charge in [0.05, 0.1) is 0 Å². The van der Waals surface area contributed by atoms with E-state index in [9.17, 15) is 9.90 Å². The number of ether oxygens (including phenoxy) is 1. The summed E-state index contributed by atoms with van der Waals surface area (Å²) in [7, 11) is 0. The third kappa shape index (κ3) is 3.72. The van der Waals surface area contributed by atoms with Crippen molar-refractivity contribution in [3.05, 3.63) is 82.3 Å². The first-order valence-electron chi connectivity index (χ1n) is 11.0.